The summed E-state index contributed by atoms with van der Waals surface area (Å²) in [4.78, 5) is 17.1. The summed E-state index contributed by atoms with van der Waals surface area (Å²) >= 11 is 5.97. The Morgan fingerprint density at radius 2 is 2.00 bits per heavy atom. The summed E-state index contributed by atoms with van der Waals surface area (Å²) in [5.41, 5.74) is 2.81. The van der Waals surface area contributed by atoms with Gasteiger partial charge in [-0.3, -0.25) is 9.36 Å². The highest BCUT2D eigenvalue weighted by Crippen LogP contribution is 2.29. The first-order valence-electron chi connectivity index (χ1n) is 6.02. The van der Waals surface area contributed by atoms with Gasteiger partial charge in [0.05, 0.1) is 17.4 Å². The molecular formula is C15H9ClN2O. The maximum Gasteiger partial charge on any atom is 0.261 e. The van der Waals surface area contributed by atoms with Crippen LogP contribution < -0.4 is 5.56 Å². The van der Waals surface area contributed by atoms with Crippen LogP contribution >= 0.6 is 11.6 Å². The first-order valence-corrected chi connectivity index (χ1v) is 6.40. The van der Waals surface area contributed by atoms with E-state index in [1.807, 2.05) is 24.3 Å². The second kappa shape index (κ2) is 3.68. The van der Waals surface area contributed by atoms with Gasteiger partial charge in [-0.25, -0.2) is 4.98 Å². The van der Waals surface area contributed by atoms with E-state index >= 15 is 0 Å². The number of halogens is 1. The molecule has 0 saturated heterocycles. The molecule has 0 spiro atoms. The van der Waals surface area contributed by atoms with Gasteiger partial charge in [-0.15, -0.1) is 0 Å². The van der Waals surface area contributed by atoms with Crippen LogP contribution in [0.3, 0.4) is 0 Å². The molecule has 0 amide bonds. The fourth-order valence-corrected chi connectivity index (χ4v) is 2.76. The number of hydrogen-bond donors (Lipinski definition) is 0. The third-order valence-electron chi connectivity index (χ3n) is 3.50. The van der Waals surface area contributed by atoms with Crippen LogP contribution in [-0.4, -0.2) is 9.55 Å². The Kier molecular flexibility index (Phi) is 2.09. The minimum Gasteiger partial charge on any atom is -0.288 e. The Labute approximate surface area is 114 Å². The third kappa shape index (κ3) is 1.45. The minimum absolute atomic E-state index is 0.00660. The number of hydrogen-bond acceptors (Lipinski definition) is 2. The fourth-order valence-electron chi connectivity index (χ4n) is 2.59. The molecule has 0 fully saturated rings. The predicted octanol–water partition coefficient (Wildman–Crippen LogP) is 3.08. The van der Waals surface area contributed by atoms with Crippen molar-refractivity contribution in [3.63, 3.8) is 0 Å². The van der Waals surface area contributed by atoms with E-state index in [0.717, 1.165) is 17.0 Å². The Morgan fingerprint density at radius 3 is 2.89 bits per heavy atom. The van der Waals surface area contributed by atoms with Gasteiger partial charge in [0, 0.05) is 10.6 Å². The van der Waals surface area contributed by atoms with Gasteiger partial charge in [0.1, 0.15) is 5.82 Å². The smallest absolute Gasteiger partial charge is 0.261 e. The number of benzene rings is 2. The van der Waals surface area contributed by atoms with E-state index in [4.69, 9.17) is 11.6 Å². The molecule has 0 N–H and O–H groups in total. The summed E-state index contributed by atoms with van der Waals surface area (Å²) in [6.07, 6.45) is 0. The van der Waals surface area contributed by atoms with E-state index in [1.54, 1.807) is 22.8 Å². The summed E-state index contributed by atoms with van der Waals surface area (Å²) in [5, 5.41) is 1.21. The first-order chi connectivity index (χ1) is 9.24. The van der Waals surface area contributed by atoms with Gasteiger partial charge in [-0.05, 0) is 23.8 Å². The second-order valence-electron chi connectivity index (χ2n) is 4.65. The van der Waals surface area contributed by atoms with Gasteiger partial charge in [-0.2, -0.15) is 0 Å². The zero-order valence-electron chi connectivity index (χ0n) is 9.93. The largest absolute Gasteiger partial charge is 0.288 e. The Hall–Kier alpha value is -2.13. The third-order valence-corrected chi connectivity index (χ3v) is 3.74. The van der Waals surface area contributed by atoms with Gasteiger partial charge in [-0.1, -0.05) is 35.9 Å². The molecule has 92 valence electrons. The molecule has 0 bridgehead atoms. The number of rotatable bonds is 0. The van der Waals surface area contributed by atoms with E-state index < -0.39 is 0 Å². The zero-order chi connectivity index (χ0) is 13.0. The van der Waals surface area contributed by atoms with Crippen molar-refractivity contribution in [2.24, 2.45) is 0 Å². The van der Waals surface area contributed by atoms with Crippen molar-refractivity contribution in [2.45, 2.75) is 6.54 Å². The van der Waals surface area contributed by atoms with Crippen molar-refractivity contribution in [2.75, 3.05) is 0 Å². The van der Waals surface area contributed by atoms with Crippen LogP contribution in [0.5, 0.6) is 0 Å². The zero-order valence-corrected chi connectivity index (χ0v) is 10.7. The molecule has 0 unspecified atom stereocenters. The topological polar surface area (TPSA) is 34.9 Å². The molecule has 0 aliphatic carbocycles. The monoisotopic (exact) mass is 268 g/mol. The molecule has 1 aliphatic heterocycles. The molecule has 3 aromatic rings. The van der Waals surface area contributed by atoms with E-state index in [-0.39, 0.29) is 5.56 Å². The van der Waals surface area contributed by atoms with E-state index in [2.05, 4.69) is 4.98 Å². The van der Waals surface area contributed by atoms with Crippen LogP contribution in [0, 0.1) is 0 Å². The highest BCUT2D eigenvalue weighted by Gasteiger charge is 2.21. The molecule has 2 aromatic carbocycles. The van der Waals surface area contributed by atoms with Crippen molar-refractivity contribution >= 4 is 22.5 Å². The van der Waals surface area contributed by atoms with Crippen molar-refractivity contribution in [1.82, 2.24) is 9.55 Å². The molecule has 4 rings (SSSR count). The van der Waals surface area contributed by atoms with Crippen LogP contribution in [0.4, 0.5) is 0 Å². The van der Waals surface area contributed by atoms with Gasteiger partial charge in [0.2, 0.25) is 0 Å². The second-order valence-corrected chi connectivity index (χ2v) is 5.08. The lowest BCUT2D eigenvalue weighted by Crippen LogP contribution is -2.20. The van der Waals surface area contributed by atoms with E-state index in [9.17, 15) is 4.79 Å². The molecule has 1 aliphatic rings. The molecule has 0 radical (unpaired) electrons. The molecule has 0 atom stereocenters. The number of nitrogens with zero attached hydrogens (tertiary/aromatic N) is 2. The SMILES string of the molecule is O=c1c2ccc(Cl)cc2nc2n1Cc1ccccc1-2. The maximum absolute atomic E-state index is 12.5. The molecule has 19 heavy (non-hydrogen) atoms. The van der Waals surface area contributed by atoms with Gasteiger partial charge >= 0.3 is 0 Å². The van der Waals surface area contributed by atoms with Crippen LogP contribution in [0.1, 0.15) is 5.56 Å². The predicted molar refractivity (Wildman–Crippen MR) is 75.6 cm³/mol. The van der Waals surface area contributed by atoms with Crippen molar-refractivity contribution in [1.29, 1.82) is 0 Å². The minimum atomic E-state index is -0.00660. The van der Waals surface area contributed by atoms with Gasteiger partial charge in [0.15, 0.2) is 0 Å². The summed E-state index contributed by atoms with van der Waals surface area (Å²) in [7, 11) is 0. The van der Waals surface area contributed by atoms with Crippen LogP contribution in [0.15, 0.2) is 47.3 Å². The summed E-state index contributed by atoms with van der Waals surface area (Å²) < 4.78 is 1.72. The van der Waals surface area contributed by atoms with Crippen LogP contribution in [0.25, 0.3) is 22.3 Å². The molecule has 4 heteroatoms. The first kappa shape index (κ1) is 10.8. The van der Waals surface area contributed by atoms with Crippen LogP contribution in [0.2, 0.25) is 5.02 Å². The quantitative estimate of drug-likeness (QED) is 0.491. The lowest BCUT2D eigenvalue weighted by Gasteiger charge is -2.05. The van der Waals surface area contributed by atoms with E-state index in [0.29, 0.717) is 22.5 Å². The fraction of sp³-hybridized carbons (Fsp3) is 0.0667. The molecular weight excluding hydrogens is 260 g/mol. The number of fused-ring (bicyclic) bond motifs is 4. The summed E-state index contributed by atoms with van der Waals surface area (Å²) in [6, 6.07) is 13.2. The summed E-state index contributed by atoms with van der Waals surface area (Å²) in [6.45, 7) is 0.593. The Balaban J connectivity index is 2.14. The van der Waals surface area contributed by atoms with Gasteiger partial charge < -0.3 is 0 Å². The van der Waals surface area contributed by atoms with Gasteiger partial charge in [0.25, 0.3) is 5.56 Å². The average Bonchev–Trinajstić information content (AvgIpc) is 2.78. The van der Waals surface area contributed by atoms with Crippen molar-refractivity contribution in [3.8, 4) is 11.4 Å². The highest BCUT2D eigenvalue weighted by atomic mass is 35.5. The Morgan fingerprint density at radius 1 is 1.16 bits per heavy atom. The maximum atomic E-state index is 12.5. The van der Waals surface area contributed by atoms with Crippen LogP contribution in [-0.2, 0) is 6.54 Å². The van der Waals surface area contributed by atoms with E-state index in [1.165, 1.54) is 0 Å². The normalized spacial score (nSPS) is 12.5. The molecule has 0 saturated carbocycles. The van der Waals surface area contributed by atoms with Crippen molar-refractivity contribution < 1.29 is 0 Å². The highest BCUT2D eigenvalue weighted by molar-refractivity contribution is 6.31. The Bertz CT molecular complexity index is 883. The summed E-state index contributed by atoms with van der Waals surface area (Å²) in [5.74, 6) is 0.732. The lowest BCUT2D eigenvalue weighted by atomic mass is 10.1. The number of aromatic nitrogens is 2. The lowest BCUT2D eigenvalue weighted by molar-refractivity contribution is 0.797. The van der Waals surface area contributed by atoms with Crippen molar-refractivity contribution in [3.05, 3.63) is 63.4 Å². The molecule has 2 heterocycles. The molecule has 1 aromatic heterocycles. The molecule has 3 nitrogen and oxygen atoms in total. The average molecular weight is 269 g/mol. The standard InChI is InChI=1S/C15H9ClN2O/c16-10-5-6-12-13(7-10)17-14-11-4-2-1-3-9(11)8-18(14)15(12)19/h1-7H,8H2.